The van der Waals surface area contributed by atoms with Crippen molar-refractivity contribution in [1.82, 2.24) is 5.32 Å². The first-order valence-corrected chi connectivity index (χ1v) is 13.2. The highest BCUT2D eigenvalue weighted by Crippen LogP contribution is 2.30. The molecule has 0 saturated heterocycles. The number of carboxylic acids is 1. The Morgan fingerprint density at radius 3 is 2.00 bits per heavy atom. The zero-order chi connectivity index (χ0) is 28.9. The first kappa shape index (κ1) is 31.7. The molecular formula is C27H39NO11. The molecule has 2 atom stereocenters. The van der Waals surface area contributed by atoms with E-state index in [4.69, 9.17) is 28.4 Å². The standard InChI is InChI=1S/C27H39NO11/c1-16(2)34-25(31)38-22-12-11-19(14-23(22)39-26(32)35-17(3)4)13-21(24(29)30)28-15-18(5)36-27(33)37-20-9-7-6-8-10-20/h11-12,14,16-18,20-21,28H,6-10,13,15H2,1-5H3,(H,29,30)/t18?,21-/m0/s1. The third kappa shape index (κ3) is 12.2. The van der Waals surface area contributed by atoms with Crippen LogP contribution in [0.5, 0.6) is 11.5 Å². The SMILES string of the molecule is CC(C)OC(=O)Oc1ccc(C[C@H](NCC(C)OC(=O)OC2CCCCC2)C(=O)O)cc1OC(=O)OC(C)C. The van der Waals surface area contributed by atoms with Crippen molar-refractivity contribution in [2.75, 3.05) is 6.54 Å². The molecule has 0 aliphatic heterocycles. The summed E-state index contributed by atoms with van der Waals surface area (Å²) >= 11 is 0. The lowest BCUT2D eigenvalue weighted by atomic mass is 9.98. The van der Waals surface area contributed by atoms with Crippen LogP contribution in [-0.2, 0) is 30.2 Å². The molecule has 1 aromatic carbocycles. The second-order valence-corrected chi connectivity index (χ2v) is 9.88. The van der Waals surface area contributed by atoms with Crippen molar-refractivity contribution >= 4 is 24.4 Å². The first-order valence-electron chi connectivity index (χ1n) is 13.2. The zero-order valence-electron chi connectivity index (χ0n) is 23.1. The third-order valence-electron chi connectivity index (χ3n) is 5.56. The van der Waals surface area contributed by atoms with Crippen LogP contribution >= 0.6 is 0 Å². The average molecular weight is 554 g/mol. The summed E-state index contributed by atoms with van der Waals surface area (Å²) in [6.45, 7) is 8.25. The average Bonchev–Trinajstić information content (AvgIpc) is 2.82. The number of ether oxygens (including phenoxy) is 6. The van der Waals surface area contributed by atoms with Gasteiger partial charge in [0, 0.05) is 6.54 Å². The molecule has 1 saturated carbocycles. The second-order valence-electron chi connectivity index (χ2n) is 9.88. The Morgan fingerprint density at radius 2 is 1.44 bits per heavy atom. The monoisotopic (exact) mass is 553 g/mol. The van der Waals surface area contributed by atoms with E-state index in [1.54, 1.807) is 34.6 Å². The van der Waals surface area contributed by atoms with Crippen molar-refractivity contribution < 1.29 is 52.7 Å². The lowest BCUT2D eigenvalue weighted by Gasteiger charge is -2.23. The molecule has 0 aromatic heterocycles. The predicted octanol–water partition coefficient (Wildman–Crippen LogP) is 4.99. The fourth-order valence-electron chi connectivity index (χ4n) is 3.80. The Labute approximate surface area is 228 Å². The Morgan fingerprint density at radius 1 is 0.846 bits per heavy atom. The van der Waals surface area contributed by atoms with Crippen LogP contribution in [0.2, 0.25) is 0 Å². The number of hydrogen-bond donors (Lipinski definition) is 2. The van der Waals surface area contributed by atoms with Crippen LogP contribution in [0, 0.1) is 0 Å². The van der Waals surface area contributed by atoms with Crippen LogP contribution in [0.1, 0.15) is 72.3 Å². The minimum absolute atomic E-state index is 0.0269. The fourth-order valence-corrected chi connectivity index (χ4v) is 3.80. The summed E-state index contributed by atoms with van der Waals surface area (Å²) in [7, 11) is 0. The van der Waals surface area contributed by atoms with E-state index < -0.39 is 48.8 Å². The van der Waals surface area contributed by atoms with Gasteiger partial charge in [-0.05, 0) is 84.4 Å². The van der Waals surface area contributed by atoms with E-state index in [9.17, 15) is 24.3 Å². The van der Waals surface area contributed by atoms with Crippen molar-refractivity contribution in [2.45, 2.75) is 104 Å². The number of aliphatic carboxylic acids is 1. The van der Waals surface area contributed by atoms with E-state index in [1.807, 2.05) is 0 Å². The minimum Gasteiger partial charge on any atom is -0.480 e. The van der Waals surface area contributed by atoms with Crippen LogP contribution in [0.15, 0.2) is 18.2 Å². The number of nitrogens with one attached hydrogen (secondary N) is 1. The molecule has 39 heavy (non-hydrogen) atoms. The molecule has 1 fully saturated rings. The summed E-state index contributed by atoms with van der Waals surface area (Å²) < 4.78 is 30.9. The molecule has 1 aliphatic carbocycles. The Kier molecular flexibility index (Phi) is 12.8. The van der Waals surface area contributed by atoms with Gasteiger partial charge >= 0.3 is 24.4 Å². The highest BCUT2D eigenvalue weighted by atomic mass is 16.8. The molecule has 218 valence electrons. The first-order chi connectivity index (χ1) is 18.4. The van der Waals surface area contributed by atoms with E-state index in [1.165, 1.54) is 18.2 Å². The van der Waals surface area contributed by atoms with E-state index in [0.29, 0.717) is 5.56 Å². The second kappa shape index (κ2) is 15.8. The number of carboxylic acid groups (broad SMARTS) is 1. The predicted molar refractivity (Wildman–Crippen MR) is 138 cm³/mol. The maximum absolute atomic E-state index is 12.1. The number of rotatable bonds is 12. The van der Waals surface area contributed by atoms with Gasteiger partial charge in [0.1, 0.15) is 18.2 Å². The Hall–Kier alpha value is -3.54. The van der Waals surface area contributed by atoms with Gasteiger partial charge in [-0.3, -0.25) is 4.79 Å². The maximum atomic E-state index is 12.1. The summed E-state index contributed by atoms with van der Waals surface area (Å²) in [6.07, 6.45) is 0.264. The molecule has 2 N–H and O–H groups in total. The van der Waals surface area contributed by atoms with Gasteiger partial charge in [-0.2, -0.15) is 0 Å². The number of benzene rings is 1. The van der Waals surface area contributed by atoms with Crippen LogP contribution in [0.25, 0.3) is 0 Å². The molecule has 1 unspecified atom stereocenters. The van der Waals surface area contributed by atoms with Crippen LogP contribution in [0.3, 0.4) is 0 Å². The van der Waals surface area contributed by atoms with E-state index >= 15 is 0 Å². The smallest absolute Gasteiger partial charge is 0.480 e. The van der Waals surface area contributed by atoms with Crippen LogP contribution in [-0.4, -0.2) is 66.5 Å². The van der Waals surface area contributed by atoms with Gasteiger partial charge in [-0.25, -0.2) is 14.4 Å². The molecule has 0 bridgehead atoms. The van der Waals surface area contributed by atoms with Crippen molar-refractivity contribution in [3.8, 4) is 11.5 Å². The minimum atomic E-state index is -1.14. The number of hydrogen-bond acceptors (Lipinski definition) is 11. The van der Waals surface area contributed by atoms with Gasteiger partial charge < -0.3 is 38.8 Å². The molecule has 12 heteroatoms. The van der Waals surface area contributed by atoms with Gasteiger partial charge in [0.2, 0.25) is 0 Å². The molecule has 0 amide bonds. The summed E-state index contributed by atoms with van der Waals surface area (Å²) in [5.74, 6) is -1.40. The lowest BCUT2D eigenvalue weighted by molar-refractivity contribution is -0.139. The molecule has 1 aromatic rings. The molecule has 0 spiro atoms. The van der Waals surface area contributed by atoms with Crippen molar-refractivity contribution in [3.05, 3.63) is 23.8 Å². The van der Waals surface area contributed by atoms with Gasteiger partial charge in [0.05, 0.1) is 12.2 Å². The summed E-state index contributed by atoms with van der Waals surface area (Å²) in [5, 5.41) is 12.6. The molecule has 0 radical (unpaired) electrons. The van der Waals surface area contributed by atoms with E-state index in [0.717, 1.165) is 32.1 Å². The highest BCUT2D eigenvalue weighted by Gasteiger charge is 2.24. The summed E-state index contributed by atoms with van der Waals surface area (Å²) in [4.78, 5) is 48.1. The Bertz CT molecular complexity index is 972. The van der Waals surface area contributed by atoms with E-state index in [-0.39, 0.29) is 30.6 Å². The summed E-state index contributed by atoms with van der Waals surface area (Å²) in [6, 6.07) is 3.19. The molecule has 1 aliphatic rings. The van der Waals surface area contributed by atoms with Gasteiger partial charge in [0.15, 0.2) is 11.5 Å². The molecule has 0 heterocycles. The largest absolute Gasteiger partial charge is 0.514 e. The maximum Gasteiger partial charge on any atom is 0.514 e. The van der Waals surface area contributed by atoms with Gasteiger partial charge in [-0.15, -0.1) is 0 Å². The number of carbonyl (C=O) groups excluding carboxylic acids is 3. The lowest BCUT2D eigenvalue weighted by Crippen LogP contribution is -2.43. The van der Waals surface area contributed by atoms with Crippen molar-refractivity contribution in [1.29, 1.82) is 0 Å². The topological polar surface area (TPSA) is 156 Å². The zero-order valence-corrected chi connectivity index (χ0v) is 23.1. The summed E-state index contributed by atoms with van der Waals surface area (Å²) in [5.41, 5.74) is 0.456. The van der Waals surface area contributed by atoms with Gasteiger partial charge in [-0.1, -0.05) is 12.5 Å². The highest BCUT2D eigenvalue weighted by molar-refractivity contribution is 5.74. The fraction of sp³-hybridized carbons (Fsp3) is 0.630. The van der Waals surface area contributed by atoms with Crippen LogP contribution < -0.4 is 14.8 Å². The molecule has 12 nitrogen and oxygen atoms in total. The molecular weight excluding hydrogens is 514 g/mol. The quantitative estimate of drug-likeness (QED) is 0.203. The van der Waals surface area contributed by atoms with Crippen molar-refractivity contribution in [3.63, 3.8) is 0 Å². The number of carbonyl (C=O) groups is 4. The normalized spacial score (nSPS) is 15.3. The van der Waals surface area contributed by atoms with Crippen LogP contribution in [0.4, 0.5) is 14.4 Å². The molecule has 2 rings (SSSR count). The van der Waals surface area contributed by atoms with Gasteiger partial charge in [0.25, 0.3) is 0 Å². The van der Waals surface area contributed by atoms with E-state index in [2.05, 4.69) is 5.32 Å². The van der Waals surface area contributed by atoms with Crippen molar-refractivity contribution in [2.24, 2.45) is 0 Å². The Balaban J connectivity index is 2.03. The third-order valence-corrected chi connectivity index (χ3v) is 5.56.